The Bertz CT molecular complexity index is 2490. The summed E-state index contributed by atoms with van der Waals surface area (Å²) in [5.74, 6) is 1.80. The highest BCUT2D eigenvalue weighted by Gasteiger charge is 2.50. The van der Waals surface area contributed by atoms with Crippen LogP contribution in [0.15, 0.2) is 182 Å². The molecule has 2 aliphatic rings. The van der Waals surface area contributed by atoms with Gasteiger partial charge in [-0.05, 0) is 78.5 Å². The largest absolute Gasteiger partial charge is 0.457 e. The van der Waals surface area contributed by atoms with Gasteiger partial charge in [-0.2, -0.15) is 0 Å². The summed E-state index contributed by atoms with van der Waals surface area (Å²) in [5, 5.41) is 2.49. The first-order valence-electron chi connectivity index (χ1n) is 16.6. The third-order valence-electron chi connectivity index (χ3n) is 10.4. The van der Waals surface area contributed by atoms with E-state index in [2.05, 4.69) is 182 Å². The molecule has 1 aliphatic heterocycles. The van der Waals surface area contributed by atoms with Gasteiger partial charge < -0.3 is 4.74 Å². The lowest BCUT2D eigenvalue weighted by atomic mass is 9.66. The van der Waals surface area contributed by atoms with Gasteiger partial charge in [0.15, 0.2) is 0 Å². The Morgan fingerprint density at radius 3 is 1.58 bits per heavy atom. The average Bonchev–Trinajstić information content (AvgIpc) is 3.45. The van der Waals surface area contributed by atoms with Gasteiger partial charge in [0, 0.05) is 11.1 Å². The maximum Gasteiger partial charge on any atom is 0.132 e. The summed E-state index contributed by atoms with van der Waals surface area (Å²) in [6.45, 7) is 0. The summed E-state index contributed by atoms with van der Waals surface area (Å²) < 4.78 is 6.85. The van der Waals surface area contributed by atoms with Crippen LogP contribution < -0.4 is 4.74 Å². The van der Waals surface area contributed by atoms with Crippen molar-refractivity contribution in [1.82, 2.24) is 0 Å². The second-order valence-electron chi connectivity index (χ2n) is 12.8. The van der Waals surface area contributed by atoms with E-state index in [-0.39, 0.29) is 0 Å². The van der Waals surface area contributed by atoms with Gasteiger partial charge in [-0.3, -0.25) is 0 Å². The Morgan fingerprint density at radius 2 is 0.854 bits per heavy atom. The van der Waals surface area contributed by atoms with Crippen LogP contribution in [0, 0.1) is 0 Å². The summed E-state index contributed by atoms with van der Waals surface area (Å²) in [5.41, 5.74) is 14.3. The fraction of sp³-hybridized carbons (Fsp3) is 0.0213. The molecule has 10 rings (SSSR count). The van der Waals surface area contributed by atoms with Crippen LogP contribution in [0.2, 0.25) is 0 Å². The van der Waals surface area contributed by atoms with Crippen LogP contribution in [0.4, 0.5) is 0 Å². The minimum atomic E-state index is -0.463. The number of hydrogen-bond acceptors (Lipinski definition) is 1. The number of benzene rings is 8. The zero-order valence-electron chi connectivity index (χ0n) is 26.2. The molecule has 0 bridgehead atoms. The zero-order valence-corrected chi connectivity index (χ0v) is 26.2. The molecular formula is C47H30O. The van der Waals surface area contributed by atoms with Gasteiger partial charge in [0.25, 0.3) is 0 Å². The molecule has 1 aliphatic carbocycles. The predicted octanol–water partition coefficient (Wildman–Crippen LogP) is 12.3. The molecule has 0 saturated heterocycles. The molecular weight excluding hydrogens is 581 g/mol. The Labute approximate surface area is 280 Å². The van der Waals surface area contributed by atoms with Crippen molar-refractivity contribution in [3.63, 3.8) is 0 Å². The zero-order chi connectivity index (χ0) is 31.7. The maximum atomic E-state index is 6.85. The van der Waals surface area contributed by atoms with E-state index in [0.717, 1.165) is 17.1 Å². The van der Waals surface area contributed by atoms with Crippen LogP contribution in [0.1, 0.15) is 22.3 Å². The van der Waals surface area contributed by atoms with Crippen LogP contribution in [-0.4, -0.2) is 0 Å². The highest BCUT2D eigenvalue weighted by Crippen LogP contribution is 2.62. The highest BCUT2D eigenvalue weighted by molar-refractivity contribution is 6.08. The Kier molecular flexibility index (Phi) is 5.86. The highest BCUT2D eigenvalue weighted by atomic mass is 16.5. The van der Waals surface area contributed by atoms with Crippen molar-refractivity contribution in [2.75, 3.05) is 0 Å². The van der Waals surface area contributed by atoms with Gasteiger partial charge in [0.1, 0.15) is 11.5 Å². The third-order valence-corrected chi connectivity index (χ3v) is 10.4. The quantitative estimate of drug-likeness (QED) is 0.193. The second kappa shape index (κ2) is 10.4. The predicted molar refractivity (Wildman–Crippen MR) is 198 cm³/mol. The first-order valence-corrected chi connectivity index (χ1v) is 16.6. The van der Waals surface area contributed by atoms with Gasteiger partial charge in [0.05, 0.1) is 5.41 Å². The van der Waals surface area contributed by atoms with Crippen molar-refractivity contribution < 1.29 is 4.74 Å². The Morgan fingerprint density at radius 1 is 0.312 bits per heavy atom. The van der Waals surface area contributed by atoms with Crippen molar-refractivity contribution in [2.24, 2.45) is 0 Å². The maximum absolute atomic E-state index is 6.85. The van der Waals surface area contributed by atoms with Crippen molar-refractivity contribution in [3.8, 4) is 56.0 Å². The molecule has 0 N–H and O–H groups in total. The van der Waals surface area contributed by atoms with Gasteiger partial charge >= 0.3 is 0 Å². The Balaban J connectivity index is 1.21. The molecule has 8 aromatic carbocycles. The van der Waals surface area contributed by atoms with Crippen molar-refractivity contribution in [2.45, 2.75) is 5.41 Å². The molecule has 0 radical (unpaired) electrons. The number of para-hydroxylation sites is 1. The minimum Gasteiger partial charge on any atom is -0.457 e. The normalized spacial score (nSPS) is 13.3. The van der Waals surface area contributed by atoms with E-state index in [9.17, 15) is 0 Å². The van der Waals surface area contributed by atoms with Crippen LogP contribution in [-0.2, 0) is 5.41 Å². The molecule has 1 heteroatoms. The minimum absolute atomic E-state index is 0.463. The van der Waals surface area contributed by atoms with E-state index >= 15 is 0 Å². The van der Waals surface area contributed by atoms with E-state index in [0.29, 0.717) is 0 Å². The van der Waals surface area contributed by atoms with Crippen LogP contribution in [0.3, 0.4) is 0 Å². The molecule has 0 atom stereocenters. The lowest BCUT2D eigenvalue weighted by molar-refractivity contribution is 0.436. The van der Waals surface area contributed by atoms with Crippen LogP contribution >= 0.6 is 0 Å². The Hall–Kier alpha value is -6.18. The molecule has 48 heavy (non-hydrogen) atoms. The first-order chi connectivity index (χ1) is 23.8. The fourth-order valence-electron chi connectivity index (χ4n) is 8.42. The monoisotopic (exact) mass is 610 g/mol. The smallest absolute Gasteiger partial charge is 0.132 e. The molecule has 0 unspecified atom stereocenters. The summed E-state index contributed by atoms with van der Waals surface area (Å²) in [6.07, 6.45) is 0. The van der Waals surface area contributed by atoms with E-state index in [1.54, 1.807) is 0 Å². The topological polar surface area (TPSA) is 9.23 Å². The van der Waals surface area contributed by atoms with Crippen molar-refractivity contribution in [1.29, 1.82) is 0 Å². The number of ether oxygens (including phenoxy) is 1. The molecule has 0 fully saturated rings. The van der Waals surface area contributed by atoms with E-state index < -0.39 is 5.41 Å². The lowest BCUT2D eigenvalue weighted by Gasteiger charge is -2.39. The number of rotatable bonds is 3. The molecule has 1 nitrogen and oxygen atoms in total. The lowest BCUT2D eigenvalue weighted by Crippen LogP contribution is -2.32. The van der Waals surface area contributed by atoms with Gasteiger partial charge in [0.2, 0.25) is 0 Å². The standard InChI is InChI=1S/C47H30O/c1-2-14-31(15-3-1)35-22-12-16-32-17-13-23-39(46(32)35)36-19-5-4-18-34(36)33-28-29-43-45(30-33)48-44-27-11-10-26-42(44)47(43)40-24-8-6-20-37(40)38-21-7-9-25-41(38)47/h1-30H. The summed E-state index contributed by atoms with van der Waals surface area (Å²) >= 11 is 0. The number of hydrogen-bond donors (Lipinski definition) is 0. The van der Waals surface area contributed by atoms with Crippen LogP contribution in [0.5, 0.6) is 11.5 Å². The molecule has 224 valence electrons. The van der Waals surface area contributed by atoms with E-state index in [1.165, 1.54) is 72.0 Å². The van der Waals surface area contributed by atoms with E-state index in [4.69, 9.17) is 4.74 Å². The molecule has 8 aromatic rings. The van der Waals surface area contributed by atoms with Crippen molar-refractivity contribution in [3.05, 3.63) is 204 Å². The molecule has 1 heterocycles. The SMILES string of the molecule is c1ccc(-c2cccc3cccc(-c4ccccc4-c4ccc5c(c4)Oc4ccccc4C54c5ccccc5-c5ccccc54)c23)cc1. The number of fused-ring (bicyclic) bond motifs is 10. The molecule has 0 saturated carbocycles. The molecule has 0 amide bonds. The first kappa shape index (κ1) is 27.0. The second-order valence-corrected chi connectivity index (χ2v) is 12.8. The average molecular weight is 611 g/mol. The van der Waals surface area contributed by atoms with Crippen molar-refractivity contribution >= 4 is 10.8 Å². The van der Waals surface area contributed by atoms with Gasteiger partial charge in [-0.1, -0.05) is 170 Å². The van der Waals surface area contributed by atoms with E-state index in [1.807, 2.05) is 0 Å². The van der Waals surface area contributed by atoms with Gasteiger partial charge in [-0.25, -0.2) is 0 Å². The third kappa shape index (κ3) is 3.73. The fourth-order valence-corrected chi connectivity index (χ4v) is 8.42. The summed E-state index contributed by atoms with van der Waals surface area (Å²) in [7, 11) is 0. The summed E-state index contributed by atoms with van der Waals surface area (Å²) in [6, 6.07) is 66.0. The molecule has 0 aromatic heterocycles. The molecule has 1 spiro atoms. The van der Waals surface area contributed by atoms with Gasteiger partial charge in [-0.15, -0.1) is 0 Å². The summed E-state index contributed by atoms with van der Waals surface area (Å²) in [4.78, 5) is 0. The van der Waals surface area contributed by atoms with Crippen LogP contribution in [0.25, 0.3) is 55.3 Å².